The molecule has 0 aliphatic carbocycles. The SMILES string of the molecule is CCC[CH2][Sn]([CH2]CCC)([CH2]CCC)[c]1ncc(NC(=O)C(C)(C)C)s1. The van der Waals surface area contributed by atoms with Gasteiger partial charge in [0, 0.05) is 0 Å². The molecule has 0 atom stereocenters. The molecular weight excluding hydrogens is 435 g/mol. The molecule has 0 saturated heterocycles. The van der Waals surface area contributed by atoms with E-state index >= 15 is 0 Å². The van der Waals surface area contributed by atoms with Gasteiger partial charge in [0.1, 0.15) is 0 Å². The Labute approximate surface area is 163 Å². The van der Waals surface area contributed by atoms with Crippen molar-refractivity contribution in [3.8, 4) is 0 Å². The van der Waals surface area contributed by atoms with Crippen molar-refractivity contribution in [2.45, 2.75) is 93.4 Å². The van der Waals surface area contributed by atoms with Crippen LogP contribution in [0.25, 0.3) is 0 Å². The quantitative estimate of drug-likeness (QED) is 0.390. The van der Waals surface area contributed by atoms with Crippen LogP contribution in [-0.2, 0) is 4.79 Å². The molecule has 25 heavy (non-hydrogen) atoms. The Balaban J connectivity index is 3.05. The van der Waals surface area contributed by atoms with Crippen molar-refractivity contribution in [3.63, 3.8) is 0 Å². The number of carbonyl (C=O) groups is 1. The van der Waals surface area contributed by atoms with Crippen LogP contribution >= 0.6 is 11.3 Å². The zero-order valence-electron chi connectivity index (χ0n) is 17.2. The first kappa shape index (κ1) is 22.9. The van der Waals surface area contributed by atoms with Crippen molar-refractivity contribution in [1.82, 2.24) is 4.98 Å². The topological polar surface area (TPSA) is 42.0 Å². The fraction of sp³-hybridized carbons (Fsp3) is 0.800. The number of thiazole rings is 1. The van der Waals surface area contributed by atoms with E-state index in [1.54, 1.807) is 11.3 Å². The van der Waals surface area contributed by atoms with E-state index in [2.05, 4.69) is 26.1 Å². The molecule has 1 N–H and O–H groups in total. The van der Waals surface area contributed by atoms with Crippen LogP contribution < -0.4 is 8.34 Å². The predicted molar refractivity (Wildman–Crippen MR) is 115 cm³/mol. The van der Waals surface area contributed by atoms with Crippen LogP contribution in [0, 0.1) is 5.41 Å². The summed E-state index contributed by atoms with van der Waals surface area (Å²) in [4.78, 5) is 17.2. The summed E-state index contributed by atoms with van der Waals surface area (Å²) in [6.07, 6.45) is 9.76. The van der Waals surface area contributed by atoms with Gasteiger partial charge in [0.15, 0.2) is 0 Å². The summed E-state index contributed by atoms with van der Waals surface area (Å²) in [5.41, 5.74) is -0.364. The summed E-state index contributed by atoms with van der Waals surface area (Å²) in [6.45, 7) is 12.8. The van der Waals surface area contributed by atoms with E-state index < -0.39 is 18.4 Å². The number of anilines is 1. The van der Waals surface area contributed by atoms with Crippen molar-refractivity contribution in [3.05, 3.63) is 6.20 Å². The number of amides is 1. The fourth-order valence-electron chi connectivity index (χ4n) is 3.12. The monoisotopic (exact) mass is 474 g/mol. The first-order chi connectivity index (χ1) is 11.8. The van der Waals surface area contributed by atoms with Crippen LogP contribution in [0.15, 0.2) is 6.20 Å². The van der Waals surface area contributed by atoms with Gasteiger partial charge in [-0.3, -0.25) is 0 Å². The van der Waals surface area contributed by atoms with Crippen molar-refractivity contribution in [2.75, 3.05) is 5.32 Å². The van der Waals surface area contributed by atoms with E-state index in [1.807, 2.05) is 27.0 Å². The van der Waals surface area contributed by atoms with Crippen LogP contribution in [0.1, 0.15) is 80.1 Å². The minimum absolute atomic E-state index is 0.0826. The molecule has 0 aromatic carbocycles. The van der Waals surface area contributed by atoms with Gasteiger partial charge in [-0.15, -0.1) is 0 Å². The zero-order valence-corrected chi connectivity index (χ0v) is 20.9. The number of hydrogen-bond acceptors (Lipinski definition) is 3. The molecule has 1 heterocycles. The van der Waals surface area contributed by atoms with Gasteiger partial charge in [0.05, 0.1) is 0 Å². The third-order valence-corrected chi connectivity index (χ3v) is 23.6. The first-order valence-electron chi connectivity index (χ1n) is 10.1. The maximum absolute atomic E-state index is 12.3. The molecule has 0 radical (unpaired) electrons. The molecule has 0 fully saturated rings. The average Bonchev–Trinajstić information content (AvgIpc) is 3.03. The van der Waals surface area contributed by atoms with Crippen LogP contribution in [0.4, 0.5) is 5.00 Å². The maximum atomic E-state index is 12.3. The third-order valence-electron chi connectivity index (χ3n) is 4.90. The van der Waals surface area contributed by atoms with Gasteiger partial charge in [-0.1, -0.05) is 0 Å². The van der Waals surface area contributed by atoms with Crippen molar-refractivity contribution in [1.29, 1.82) is 0 Å². The number of nitrogens with one attached hydrogen (secondary N) is 1. The molecule has 1 aromatic heterocycles. The summed E-state index contributed by atoms with van der Waals surface area (Å²) in [5.74, 6) is 0.0826. The Morgan fingerprint density at radius 2 is 1.52 bits per heavy atom. The van der Waals surface area contributed by atoms with Gasteiger partial charge in [0.25, 0.3) is 0 Å². The average molecular weight is 473 g/mol. The molecule has 0 bridgehead atoms. The Bertz CT molecular complexity index is 500. The molecule has 5 heteroatoms. The molecular formula is C20H38N2OSSn. The zero-order chi connectivity index (χ0) is 18.9. The van der Waals surface area contributed by atoms with E-state index in [9.17, 15) is 4.79 Å². The van der Waals surface area contributed by atoms with Crippen LogP contribution in [-0.4, -0.2) is 29.3 Å². The van der Waals surface area contributed by atoms with E-state index in [0.717, 1.165) is 5.00 Å². The number of aromatic nitrogens is 1. The third kappa shape index (κ3) is 7.20. The minimum atomic E-state index is -2.45. The van der Waals surface area contributed by atoms with Gasteiger partial charge in [0.2, 0.25) is 0 Å². The molecule has 144 valence electrons. The molecule has 0 unspecified atom stereocenters. The first-order valence-corrected chi connectivity index (χ1v) is 18.4. The normalized spacial score (nSPS) is 12.4. The standard InChI is InChI=1S/C8H11N2OS.3C4H9.Sn/c1-8(2,3)7(11)10-6-4-9-5-12-6;3*1-3-4-2;/h4H,1-3H3,(H,10,11);3*1,3-4H2,2H3;. The van der Waals surface area contributed by atoms with Crippen LogP contribution in [0.5, 0.6) is 0 Å². The second-order valence-electron chi connectivity index (χ2n) is 8.32. The van der Waals surface area contributed by atoms with Crippen LogP contribution in [0.3, 0.4) is 0 Å². The number of nitrogens with zero attached hydrogens (tertiary/aromatic N) is 1. The van der Waals surface area contributed by atoms with E-state index in [1.165, 1.54) is 54.9 Å². The Morgan fingerprint density at radius 1 is 1.04 bits per heavy atom. The Morgan fingerprint density at radius 3 is 1.92 bits per heavy atom. The van der Waals surface area contributed by atoms with Crippen LogP contribution in [0.2, 0.25) is 13.3 Å². The molecule has 0 aliphatic heterocycles. The molecule has 0 spiro atoms. The summed E-state index contributed by atoms with van der Waals surface area (Å²) in [7, 11) is 0. The number of unbranched alkanes of at least 4 members (excludes halogenated alkanes) is 3. The van der Waals surface area contributed by atoms with Gasteiger partial charge in [-0.05, 0) is 0 Å². The van der Waals surface area contributed by atoms with Gasteiger partial charge in [-0.25, -0.2) is 0 Å². The van der Waals surface area contributed by atoms with Crippen molar-refractivity contribution >= 4 is 43.6 Å². The van der Waals surface area contributed by atoms with Gasteiger partial charge >= 0.3 is 164 Å². The summed E-state index contributed by atoms with van der Waals surface area (Å²) in [6, 6.07) is 0. The molecule has 1 aromatic rings. The Hall–Kier alpha value is -0.101. The number of rotatable bonds is 11. The predicted octanol–water partition coefficient (Wildman–Crippen LogP) is 6.18. The number of hydrogen-bond donors (Lipinski definition) is 1. The summed E-state index contributed by atoms with van der Waals surface area (Å²) >= 11 is -0.663. The molecule has 0 saturated carbocycles. The Kier molecular flexibility index (Phi) is 10.0. The second kappa shape index (κ2) is 10.9. The second-order valence-corrected chi connectivity index (χ2v) is 23.3. The van der Waals surface area contributed by atoms with Gasteiger partial charge < -0.3 is 0 Å². The molecule has 0 aliphatic rings. The molecule has 1 amide bonds. The van der Waals surface area contributed by atoms with E-state index in [-0.39, 0.29) is 11.3 Å². The van der Waals surface area contributed by atoms with Gasteiger partial charge in [-0.2, -0.15) is 0 Å². The summed E-state index contributed by atoms with van der Waals surface area (Å²) in [5, 5.41) is 4.04. The molecule has 1 rings (SSSR count). The number of carbonyl (C=O) groups excluding carboxylic acids is 1. The molecule has 3 nitrogen and oxygen atoms in total. The fourth-order valence-corrected chi connectivity index (χ4v) is 22.5. The van der Waals surface area contributed by atoms with Crippen molar-refractivity contribution < 1.29 is 4.79 Å². The van der Waals surface area contributed by atoms with Crippen molar-refractivity contribution in [2.24, 2.45) is 5.41 Å². The summed E-state index contributed by atoms with van der Waals surface area (Å²) < 4.78 is 5.70. The van der Waals surface area contributed by atoms with E-state index in [0.29, 0.717) is 0 Å². The van der Waals surface area contributed by atoms with E-state index in [4.69, 9.17) is 4.98 Å².